The first-order valence-electron chi connectivity index (χ1n) is 6.21. The van der Waals surface area contributed by atoms with Gasteiger partial charge < -0.3 is 20.5 Å². The van der Waals surface area contributed by atoms with Gasteiger partial charge in [-0.2, -0.15) is 13.2 Å². The molecule has 1 aliphatic rings. The predicted molar refractivity (Wildman–Crippen MR) is 62.2 cm³/mol. The van der Waals surface area contributed by atoms with Crippen molar-refractivity contribution in [3.05, 3.63) is 0 Å². The summed E-state index contributed by atoms with van der Waals surface area (Å²) >= 11 is 0. The van der Waals surface area contributed by atoms with Crippen LogP contribution in [0.4, 0.5) is 18.0 Å². The van der Waals surface area contributed by atoms with Crippen LogP contribution < -0.4 is 10.6 Å². The van der Waals surface area contributed by atoms with Crippen molar-refractivity contribution in [1.82, 2.24) is 10.6 Å². The molecular weight excluding hydrogens is 281 g/mol. The Morgan fingerprint density at radius 1 is 1.30 bits per heavy atom. The summed E-state index contributed by atoms with van der Waals surface area (Å²) in [6.45, 7) is -1.70. The number of nitrogens with one attached hydrogen (secondary N) is 2. The number of rotatable bonds is 6. The summed E-state index contributed by atoms with van der Waals surface area (Å²) in [6, 6.07) is -1.04. The molecule has 1 rings (SSSR count). The number of aliphatic carboxylic acids is 1. The first kappa shape index (κ1) is 16.5. The summed E-state index contributed by atoms with van der Waals surface area (Å²) in [5, 5.41) is 13.7. The van der Waals surface area contributed by atoms with Crippen LogP contribution in [0.3, 0.4) is 0 Å². The maximum absolute atomic E-state index is 11.8. The lowest BCUT2D eigenvalue weighted by Crippen LogP contribution is -2.46. The second kappa shape index (κ2) is 7.32. The van der Waals surface area contributed by atoms with Gasteiger partial charge in [0.05, 0.1) is 12.5 Å². The lowest BCUT2D eigenvalue weighted by Gasteiger charge is -2.18. The molecule has 1 aliphatic carbocycles. The minimum absolute atomic E-state index is 0.0770. The van der Waals surface area contributed by atoms with Crippen molar-refractivity contribution >= 4 is 12.0 Å². The maximum atomic E-state index is 11.8. The van der Waals surface area contributed by atoms with Crippen molar-refractivity contribution in [1.29, 1.82) is 0 Å². The molecule has 0 spiro atoms. The van der Waals surface area contributed by atoms with Crippen LogP contribution in [-0.4, -0.2) is 49.1 Å². The molecule has 0 aliphatic heterocycles. The van der Waals surface area contributed by atoms with E-state index in [4.69, 9.17) is 5.11 Å². The molecule has 0 saturated heterocycles. The third kappa shape index (κ3) is 6.09. The van der Waals surface area contributed by atoms with Crippen molar-refractivity contribution in [2.75, 3.05) is 19.8 Å². The van der Waals surface area contributed by atoms with E-state index < -0.39 is 36.7 Å². The minimum Gasteiger partial charge on any atom is -0.481 e. The summed E-state index contributed by atoms with van der Waals surface area (Å²) in [6.07, 6.45) is -2.58. The van der Waals surface area contributed by atoms with Crippen molar-refractivity contribution in [2.45, 2.75) is 31.5 Å². The molecule has 2 atom stereocenters. The summed E-state index contributed by atoms with van der Waals surface area (Å²) in [5.41, 5.74) is 0. The summed E-state index contributed by atoms with van der Waals surface area (Å²) in [7, 11) is 0. The third-order valence-electron chi connectivity index (χ3n) is 2.95. The first-order valence-corrected chi connectivity index (χ1v) is 6.21. The molecule has 1 fully saturated rings. The summed E-state index contributed by atoms with van der Waals surface area (Å²) in [5.74, 6) is -1.57. The maximum Gasteiger partial charge on any atom is 0.411 e. The largest absolute Gasteiger partial charge is 0.481 e. The normalized spacial score (nSPS) is 22.6. The Balaban J connectivity index is 2.16. The molecule has 9 heteroatoms. The highest BCUT2D eigenvalue weighted by molar-refractivity contribution is 5.76. The van der Waals surface area contributed by atoms with Gasteiger partial charge in [0.1, 0.15) is 6.61 Å². The van der Waals surface area contributed by atoms with E-state index in [0.29, 0.717) is 12.8 Å². The molecule has 2 amide bonds. The average Bonchev–Trinajstić information content (AvgIpc) is 2.75. The number of ether oxygens (including phenoxy) is 1. The monoisotopic (exact) mass is 298 g/mol. The lowest BCUT2D eigenvalue weighted by atomic mass is 10.0. The number of alkyl halides is 3. The third-order valence-corrected chi connectivity index (χ3v) is 2.95. The molecule has 6 nitrogen and oxygen atoms in total. The van der Waals surface area contributed by atoms with E-state index in [1.807, 2.05) is 0 Å². The van der Waals surface area contributed by atoms with Crippen LogP contribution in [0.2, 0.25) is 0 Å². The highest BCUT2D eigenvalue weighted by Gasteiger charge is 2.33. The number of urea groups is 1. The van der Waals surface area contributed by atoms with Crippen LogP contribution in [0, 0.1) is 5.92 Å². The Bertz CT molecular complexity index is 349. The molecular formula is C11H17F3N2O4. The van der Waals surface area contributed by atoms with Gasteiger partial charge in [-0.05, 0) is 12.8 Å². The second-order valence-corrected chi connectivity index (χ2v) is 4.55. The molecule has 0 heterocycles. The molecule has 0 aromatic rings. The summed E-state index contributed by atoms with van der Waals surface area (Å²) in [4.78, 5) is 22.3. The SMILES string of the molecule is O=C(NCCOCC(F)(F)F)NC1CCCC1C(=O)O. The fourth-order valence-electron chi connectivity index (χ4n) is 2.07. The molecule has 2 unspecified atom stereocenters. The molecule has 0 aromatic carbocycles. The number of amides is 2. The van der Waals surface area contributed by atoms with Gasteiger partial charge in [-0.3, -0.25) is 4.79 Å². The minimum atomic E-state index is -4.39. The number of carbonyl (C=O) groups is 2. The molecule has 1 saturated carbocycles. The Labute approximate surface area is 113 Å². The van der Waals surface area contributed by atoms with E-state index >= 15 is 0 Å². The zero-order valence-electron chi connectivity index (χ0n) is 10.7. The number of hydrogen-bond acceptors (Lipinski definition) is 3. The number of carboxylic acids is 1. The van der Waals surface area contributed by atoms with Crippen molar-refractivity contribution in [3.8, 4) is 0 Å². The Hall–Kier alpha value is -1.51. The van der Waals surface area contributed by atoms with Gasteiger partial charge in [0, 0.05) is 12.6 Å². The highest BCUT2D eigenvalue weighted by Crippen LogP contribution is 2.25. The fraction of sp³-hybridized carbons (Fsp3) is 0.818. The van der Waals surface area contributed by atoms with Gasteiger partial charge in [0.2, 0.25) is 0 Å². The summed E-state index contributed by atoms with van der Waals surface area (Å²) < 4.78 is 39.6. The lowest BCUT2D eigenvalue weighted by molar-refractivity contribution is -0.173. The highest BCUT2D eigenvalue weighted by atomic mass is 19.4. The second-order valence-electron chi connectivity index (χ2n) is 4.55. The quantitative estimate of drug-likeness (QED) is 0.641. The Morgan fingerprint density at radius 2 is 2.00 bits per heavy atom. The van der Waals surface area contributed by atoms with E-state index in [0.717, 1.165) is 6.42 Å². The molecule has 0 bridgehead atoms. The predicted octanol–water partition coefficient (Wildman–Crippen LogP) is 1.12. The van der Waals surface area contributed by atoms with Crippen LogP contribution in [0.25, 0.3) is 0 Å². The number of hydrogen-bond donors (Lipinski definition) is 3. The zero-order valence-corrected chi connectivity index (χ0v) is 10.7. The van der Waals surface area contributed by atoms with E-state index in [-0.39, 0.29) is 13.2 Å². The topological polar surface area (TPSA) is 87.7 Å². The first-order chi connectivity index (χ1) is 9.29. The Morgan fingerprint density at radius 3 is 2.60 bits per heavy atom. The molecule has 0 aromatic heterocycles. The van der Waals surface area contributed by atoms with Gasteiger partial charge in [0.25, 0.3) is 0 Å². The number of halogens is 3. The van der Waals surface area contributed by atoms with Gasteiger partial charge in [-0.15, -0.1) is 0 Å². The molecule has 116 valence electrons. The van der Waals surface area contributed by atoms with E-state index in [9.17, 15) is 22.8 Å². The smallest absolute Gasteiger partial charge is 0.411 e. The number of carboxylic acid groups (broad SMARTS) is 1. The van der Waals surface area contributed by atoms with E-state index in [2.05, 4.69) is 15.4 Å². The molecule has 0 radical (unpaired) electrons. The van der Waals surface area contributed by atoms with Gasteiger partial charge >= 0.3 is 18.2 Å². The van der Waals surface area contributed by atoms with E-state index in [1.165, 1.54) is 0 Å². The van der Waals surface area contributed by atoms with Gasteiger partial charge in [-0.1, -0.05) is 6.42 Å². The van der Waals surface area contributed by atoms with E-state index in [1.54, 1.807) is 0 Å². The standard InChI is InChI=1S/C11H17F3N2O4/c12-11(13,14)6-20-5-4-15-10(19)16-8-3-1-2-7(8)9(17)18/h7-8H,1-6H2,(H,17,18)(H2,15,16,19). The van der Waals surface area contributed by atoms with Crippen LogP contribution in [0.1, 0.15) is 19.3 Å². The molecule has 20 heavy (non-hydrogen) atoms. The zero-order chi connectivity index (χ0) is 15.2. The fourth-order valence-corrected chi connectivity index (χ4v) is 2.07. The van der Waals surface area contributed by atoms with Gasteiger partial charge in [0.15, 0.2) is 0 Å². The van der Waals surface area contributed by atoms with Crippen LogP contribution in [0.15, 0.2) is 0 Å². The van der Waals surface area contributed by atoms with Gasteiger partial charge in [-0.25, -0.2) is 4.79 Å². The van der Waals surface area contributed by atoms with Crippen molar-refractivity contribution in [3.63, 3.8) is 0 Å². The van der Waals surface area contributed by atoms with Crippen molar-refractivity contribution < 1.29 is 32.6 Å². The van der Waals surface area contributed by atoms with Crippen LogP contribution in [-0.2, 0) is 9.53 Å². The average molecular weight is 298 g/mol. The van der Waals surface area contributed by atoms with Crippen LogP contribution >= 0.6 is 0 Å². The molecule has 3 N–H and O–H groups in total. The Kier molecular flexibility index (Phi) is 6.05. The van der Waals surface area contributed by atoms with Crippen molar-refractivity contribution in [2.24, 2.45) is 5.92 Å². The number of carbonyl (C=O) groups excluding carboxylic acids is 1. The van der Waals surface area contributed by atoms with Crippen LogP contribution in [0.5, 0.6) is 0 Å².